The first-order valence-corrected chi connectivity index (χ1v) is 18.1. The molecule has 0 unspecified atom stereocenters. The van der Waals surface area contributed by atoms with Gasteiger partial charge in [-0.1, -0.05) is 65.8 Å². The summed E-state index contributed by atoms with van der Waals surface area (Å²) in [5, 5.41) is 14.5. The zero-order valence-electron chi connectivity index (χ0n) is 30.2. The Labute approximate surface area is 285 Å². The number of aliphatic hydroxyl groups is 1. The lowest BCUT2D eigenvalue weighted by Crippen LogP contribution is -2.75. The lowest BCUT2D eigenvalue weighted by atomic mass is 9.27. The first-order valence-electron chi connectivity index (χ1n) is 18.1. The number of benzene rings is 1. The molecule has 1 aromatic rings. The Balaban J connectivity index is 1.34. The minimum absolute atomic E-state index is 0.00505. The molecule has 0 aromatic heterocycles. The Bertz CT molecular complexity index is 1490. The largest absolute Gasteiger partial charge is 0.573 e. The van der Waals surface area contributed by atoms with Gasteiger partial charge in [0.2, 0.25) is 5.91 Å². The highest BCUT2D eigenvalue weighted by molar-refractivity contribution is 5.84. The number of allylic oxidation sites excluding steroid dienone is 1. The van der Waals surface area contributed by atoms with Crippen molar-refractivity contribution in [1.82, 2.24) is 5.32 Å². The maximum Gasteiger partial charge on any atom is 0.573 e. The Hall–Kier alpha value is -2.35. The van der Waals surface area contributed by atoms with E-state index in [1.807, 2.05) is 0 Å². The molecule has 8 heteroatoms. The SMILES string of the molecule is C=N[C@@]12CC[C@]3(C)[C@H](CC[C@]4(C)[C@H]5[C@H](C(=C)C)CC[C@]5(C(=O)NCc5cccc(OC(F)(F)F)c5)CC[C@]43C)[C@@]1(C)CC[C@H](O)C2(C)C. The maximum absolute atomic E-state index is 14.6. The summed E-state index contributed by atoms with van der Waals surface area (Å²) < 4.78 is 42.8. The molecule has 5 aliphatic carbocycles. The molecule has 0 saturated heterocycles. The van der Waals surface area contributed by atoms with E-state index in [4.69, 9.17) is 4.99 Å². The summed E-state index contributed by atoms with van der Waals surface area (Å²) in [6.45, 7) is 25.3. The van der Waals surface area contributed by atoms with Gasteiger partial charge in [0.1, 0.15) is 5.75 Å². The van der Waals surface area contributed by atoms with Gasteiger partial charge in [0.05, 0.1) is 17.1 Å². The number of hydrogen-bond donors (Lipinski definition) is 2. The molecule has 5 aliphatic rings. The van der Waals surface area contributed by atoms with Crippen LogP contribution < -0.4 is 10.1 Å². The zero-order chi connectivity index (χ0) is 35.3. The first kappa shape index (κ1) is 35.5. The van der Waals surface area contributed by atoms with Crippen molar-refractivity contribution in [3.63, 3.8) is 0 Å². The second-order valence-electron chi connectivity index (χ2n) is 18.0. The summed E-state index contributed by atoms with van der Waals surface area (Å²) in [4.78, 5) is 19.6. The monoisotopic (exact) mass is 670 g/mol. The van der Waals surface area contributed by atoms with Gasteiger partial charge >= 0.3 is 6.36 Å². The van der Waals surface area contributed by atoms with Crippen LogP contribution in [0.1, 0.15) is 118 Å². The van der Waals surface area contributed by atoms with E-state index < -0.39 is 23.4 Å². The van der Waals surface area contributed by atoms with Crippen LogP contribution in [0.25, 0.3) is 0 Å². The van der Waals surface area contributed by atoms with Crippen LogP contribution in [0.15, 0.2) is 41.4 Å². The molecule has 0 radical (unpaired) electrons. The van der Waals surface area contributed by atoms with E-state index in [0.29, 0.717) is 11.5 Å². The fraction of sp³-hybridized carbons (Fsp3) is 0.750. The number of halogens is 3. The van der Waals surface area contributed by atoms with E-state index in [9.17, 15) is 23.1 Å². The van der Waals surface area contributed by atoms with Crippen LogP contribution in [0, 0.1) is 50.2 Å². The molecule has 6 rings (SSSR count). The van der Waals surface area contributed by atoms with Crippen LogP contribution in [0.5, 0.6) is 5.75 Å². The number of nitrogens with one attached hydrogen (secondary N) is 1. The molecule has 0 aliphatic heterocycles. The fourth-order valence-corrected chi connectivity index (χ4v) is 13.6. The van der Waals surface area contributed by atoms with Crippen LogP contribution in [0.4, 0.5) is 13.2 Å². The summed E-state index contributed by atoms with van der Waals surface area (Å²) in [5.74, 6) is 0.474. The molecule has 5 saturated carbocycles. The molecule has 0 bridgehead atoms. The van der Waals surface area contributed by atoms with Crippen LogP contribution in [-0.2, 0) is 11.3 Å². The number of carbonyl (C=O) groups is 1. The highest BCUT2D eigenvalue weighted by atomic mass is 19.4. The van der Waals surface area contributed by atoms with Crippen molar-refractivity contribution >= 4 is 12.6 Å². The number of nitrogens with zero attached hydrogens (tertiary/aromatic N) is 1. The lowest BCUT2D eigenvalue weighted by Gasteiger charge is -2.77. The van der Waals surface area contributed by atoms with Gasteiger partial charge in [-0.25, -0.2) is 0 Å². The Morgan fingerprint density at radius 1 is 0.958 bits per heavy atom. The summed E-state index contributed by atoms with van der Waals surface area (Å²) in [6, 6.07) is 5.87. The van der Waals surface area contributed by atoms with Gasteiger partial charge in [0.25, 0.3) is 0 Å². The Morgan fingerprint density at radius 2 is 1.65 bits per heavy atom. The second kappa shape index (κ2) is 11.1. The predicted octanol–water partition coefficient (Wildman–Crippen LogP) is 9.43. The van der Waals surface area contributed by atoms with Crippen molar-refractivity contribution in [3.05, 3.63) is 42.0 Å². The van der Waals surface area contributed by atoms with Crippen molar-refractivity contribution in [2.45, 2.75) is 137 Å². The molecule has 10 atom stereocenters. The van der Waals surface area contributed by atoms with E-state index in [0.717, 1.165) is 69.8 Å². The third-order valence-electron chi connectivity index (χ3n) is 16.4. The number of hydrogen-bond acceptors (Lipinski definition) is 4. The smallest absolute Gasteiger partial charge is 0.406 e. The number of rotatable bonds is 6. The number of carbonyl (C=O) groups excluding carboxylic acids is 1. The van der Waals surface area contributed by atoms with Crippen molar-refractivity contribution < 1.29 is 27.8 Å². The first-order chi connectivity index (χ1) is 22.2. The molecule has 5 fully saturated rings. The number of amides is 1. The summed E-state index contributed by atoms with van der Waals surface area (Å²) >= 11 is 0. The van der Waals surface area contributed by atoms with Crippen LogP contribution in [-0.4, -0.2) is 35.7 Å². The fourth-order valence-electron chi connectivity index (χ4n) is 13.6. The van der Waals surface area contributed by atoms with Gasteiger partial charge in [-0.05, 0) is 135 Å². The molecular weight excluding hydrogens is 613 g/mol. The quantitative estimate of drug-likeness (QED) is 0.234. The standard InChI is InChI=1S/C40H57F3N2O3/c1-25(2)28-13-18-38(32(47)45-24-26-11-10-12-27(23-26)48-40(41,42)43)21-20-37(8)34(5)19-22-39(44-9)33(3,4)30(46)15-17-35(39,6)29(34)14-16-36(37,7)31(28)38/h10-12,23,28-31,46H,1,9,13-22,24H2,2-8H3,(H,45,47)/t28-,29-,30-,31+,34+,35+,36+,37-,38-,39+/m0/s1. The lowest BCUT2D eigenvalue weighted by molar-refractivity contribution is -0.279. The number of ether oxygens (including phenoxy) is 1. The summed E-state index contributed by atoms with van der Waals surface area (Å²) in [5.41, 5.74) is 0.0915. The number of aliphatic hydroxyl groups excluding tert-OH is 1. The second-order valence-corrected chi connectivity index (χ2v) is 18.0. The molecule has 1 amide bonds. The number of alkyl halides is 3. The van der Waals surface area contributed by atoms with Gasteiger partial charge in [0, 0.05) is 12.0 Å². The number of aliphatic imine (C=N–C) groups is 1. The van der Waals surface area contributed by atoms with E-state index >= 15 is 0 Å². The van der Waals surface area contributed by atoms with Crippen molar-refractivity contribution in [2.24, 2.45) is 55.2 Å². The molecule has 0 spiro atoms. The van der Waals surface area contributed by atoms with Crippen molar-refractivity contribution in [2.75, 3.05) is 0 Å². The van der Waals surface area contributed by atoms with Gasteiger partial charge in [-0.2, -0.15) is 0 Å². The molecule has 266 valence electrons. The third kappa shape index (κ3) is 4.51. The highest BCUT2D eigenvalue weighted by Gasteiger charge is 2.78. The Kier molecular flexibility index (Phi) is 8.18. The van der Waals surface area contributed by atoms with E-state index in [1.165, 1.54) is 18.2 Å². The van der Waals surface area contributed by atoms with Crippen LogP contribution >= 0.6 is 0 Å². The normalized spacial score (nSPS) is 44.7. The predicted molar refractivity (Wildman–Crippen MR) is 183 cm³/mol. The summed E-state index contributed by atoms with van der Waals surface area (Å²) in [7, 11) is 0. The highest BCUT2D eigenvalue weighted by Crippen LogP contribution is 2.82. The van der Waals surface area contributed by atoms with Crippen LogP contribution in [0.3, 0.4) is 0 Å². The zero-order valence-corrected chi connectivity index (χ0v) is 30.2. The van der Waals surface area contributed by atoms with Crippen LogP contribution in [0.2, 0.25) is 0 Å². The minimum atomic E-state index is -4.77. The van der Waals surface area contributed by atoms with E-state index in [2.05, 4.69) is 71.8 Å². The molecule has 2 N–H and O–H groups in total. The maximum atomic E-state index is 14.6. The minimum Gasteiger partial charge on any atom is -0.406 e. The van der Waals surface area contributed by atoms with E-state index in [-0.39, 0.29) is 57.1 Å². The van der Waals surface area contributed by atoms with E-state index in [1.54, 1.807) is 6.07 Å². The van der Waals surface area contributed by atoms with Gasteiger partial charge in [0.15, 0.2) is 0 Å². The third-order valence-corrected chi connectivity index (χ3v) is 16.4. The van der Waals surface area contributed by atoms with Gasteiger partial charge in [-0.15, -0.1) is 13.2 Å². The average Bonchev–Trinajstić information content (AvgIpc) is 3.42. The molecule has 5 nitrogen and oxygen atoms in total. The average molecular weight is 671 g/mol. The van der Waals surface area contributed by atoms with Gasteiger partial charge in [-0.3, -0.25) is 9.79 Å². The van der Waals surface area contributed by atoms with Crippen molar-refractivity contribution in [3.8, 4) is 5.75 Å². The topological polar surface area (TPSA) is 70.9 Å². The Morgan fingerprint density at radius 3 is 2.29 bits per heavy atom. The summed E-state index contributed by atoms with van der Waals surface area (Å²) in [6.07, 6.45) is 3.91. The molecule has 48 heavy (non-hydrogen) atoms. The van der Waals surface area contributed by atoms with Crippen molar-refractivity contribution in [1.29, 1.82) is 0 Å². The van der Waals surface area contributed by atoms with Gasteiger partial charge < -0.3 is 15.2 Å². The molecular formula is C40H57F3N2O3. The number of fused-ring (bicyclic) bond motifs is 7. The molecule has 1 aromatic carbocycles. The molecule has 0 heterocycles.